The van der Waals surface area contributed by atoms with Crippen molar-refractivity contribution in [2.75, 3.05) is 13.2 Å². The number of esters is 1. The molecular formula is C21H40O4Si. The van der Waals surface area contributed by atoms with Crippen molar-refractivity contribution < 1.29 is 18.7 Å². The molecule has 2 saturated heterocycles. The van der Waals surface area contributed by atoms with E-state index in [1.165, 1.54) is 0 Å². The zero-order valence-corrected chi connectivity index (χ0v) is 19.4. The molecule has 4 atom stereocenters. The SMILES string of the molecule is CCC(C)(C)C(=O)OC[C@H]1C[C@@H]2C[C@H](C)[C@@]1(CO[Si](C)(C)C(C)(C)C)O2. The molecule has 2 heterocycles. The lowest BCUT2D eigenvalue weighted by Gasteiger charge is -2.42. The van der Waals surface area contributed by atoms with E-state index in [1.54, 1.807) is 0 Å². The summed E-state index contributed by atoms with van der Waals surface area (Å²) in [7, 11) is -1.84. The van der Waals surface area contributed by atoms with Crippen molar-refractivity contribution in [2.45, 2.75) is 97.6 Å². The van der Waals surface area contributed by atoms with Crippen molar-refractivity contribution in [3.8, 4) is 0 Å². The minimum absolute atomic E-state index is 0.101. The summed E-state index contributed by atoms with van der Waals surface area (Å²) in [6.45, 7) is 20.6. The lowest BCUT2D eigenvalue weighted by atomic mass is 9.72. The molecule has 0 N–H and O–H groups in total. The van der Waals surface area contributed by atoms with Gasteiger partial charge in [0, 0.05) is 5.92 Å². The molecule has 0 radical (unpaired) electrons. The van der Waals surface area contributed by atoms with Crippen LogP contribution < -0.4 is 0 Å². The Hall–Kier alpha value is -0.393. The van der Waals surface area contributed by atoms with E-state index in [-0.39, 0.29) is 28.6 Å². The van der Waals surface area contributed by atoms with E-state index in [2.05, 4.69) is 40.8 Å². The highest BCUT2D eigenvalue weighted by molar-refractivity contribution is 6.74. The van der Waals surface area contributed by atoms with E-state index in [4.69, 9.17) is 13.9 Å². The molecule has 152 valence electrons. The average molecular weight is 385 g/mol. The minimum Gasteiger partial charge on any atom is -0.465 e. The van der Waals surface area contributed by atoms with Gasteiger partial charge in [-0.2, -0.15) is 0 Å². The Kier molecular flexibility index (Phi) is 6.07. The number of fused-ring (bicyclic) bond motifs is 2. The first kappa shape index (κ1) is 21.9. The topological polar surface area (TPSA) is 44.8 Å². The molecular weight excluding hydrogens is 344 g/mol. The molecule has 0 aromatic heterocycles. The summed E-state index contributed by atoms with van der Waals surface area (Å²) in [5, 5.41) is 0.177. The Morgan fingerprint density at radius 1 is 1.19 bits per heavy atom. The van der Waals surface area contributed by atoms with Gasteiger partial charge < -0.3 is 13.9 Å². The number of ether oxygens (including phenoxy) is 2. The molecule has 2 aliphatic heterocycles. The summed E-state index contributed by atoms with van der Waals surface area (Å²) in [4.78, 5) is 12.4. The lowest BCUT2D eigenvalue weighted by Crippen LogP contribution is -2.51. The predicted molar refractivity (Wildman–Crippen MR) is 108 cm³/mol. The van der Waals surface area contributed by atoms with Crippen LogP contribution in [-0.4, -0.2) is 39.2 Å². The van der Waals surface area contributed by atoms with Crippen molar-refractivity contribution in [2.24, 2.45) is 17.3 Å². The van der Waals surface area contributed by atoms with Gasteiger partial charge in [0.2, 0.25) is 0 Å². The van der Waals surface area contributed by atoms with Crippen molar-refractivity contribution in [1.82, 2.24) is 0 Å². The van der Waals surface area contributed by atoms with Crippen LogP contribution in [0, 0.1) is 17.3 Å². The lowest BCUT2D eigenvalue weighted by molar-refractivity contribution is -0.159. The summed E-state index contributed by atoms with van der Waals surface area (Å²) in [5.41, 5.74) is -0.717. The molecule has 0 aromatic rings. The summed E-state index contributed by atoms with van der Waals surface area (Å²) < 4.78 is 18.8. The van der Waals surface area contributed by atoms with Gasteiger partial charge in [-0.1, -0.05) is 34.6 Å². The van der Waals surface area contributed by atoms with Crippen LogP contribution in [0.1, 0.15) is 67.7 Å². The van der Waals surface area contributed by atoms with Crippen LogP contribution in [0.3, 0.4) is 0 Å². The zero-order valence-electron chi connectivity index (χ0n) is 18.4. The van der Waals surface area contributed by atoms with Gasteiger partial charge in [0.15, 0.2) is 8.32 Å². The highest BCUT2D eigenvalue weighted by Gasteiger charge is 2.59. The van der Waals surface area contributed by atoms with Crippen LogP contribution in [-0.2, 0) is 18.7 Å². The molecule has 0 unspecified atom stereocenters. The Morgan fingerprint density at radius 2 is 1.81 bits per heavy atom. The fourth-order valence-corrected chi connectivity index (χ4v) is 4.78. The highest BCUT2D eigenvalue weighted by Crippen LogP contribution is 2.52. The Labute approximate surface area is 161 Å². The molecule has 5 heteroatoms. The van der Waals surface area contributed by atoms with Crippen LogP contribution in [0.2, 0.25) is 18.1 Å². The van der Waals surface area contributed by atoms with Crippen molar-refractivity contribution in [3.05, 3.63) is 0 Å². The first-order chi connectivity index (χ1) is 11.7. The largest absolute Gasteiger partial charge is 0.465 e. The number of carbonyl (C=O) groups excluding carboxylic acids is 1. The molecule has 26 heavy (non-hydrogen) atoms. The van der Waals surface area contributed by atoms with Crippen LogP contribution in [0.25, 0.3) is 0 Å². The summed E-state index contributed by atoms with van der Waals surface area (Å²) in [6.07, 6.45) is 3.14. The molecule has 2 fully saturated rings. The van der Waals surface area contributed by atoms with Gasteiger partial charge in [-0.25, -0.2) is 0 Å². The maximum Gasteiger partial charge on any atom is 0.311 e. The smallest absolute Gasteiger partial charge is 0.311 e. The van der Waals surface area contributed by atoms with Crippen molar-refractivity contribution >= 4 is 14.3 Å². The van der Waals surface area contributed by atoms with Gasteiger partial charge >= 0.3 is 5.97 Å². The van der Waals surface area contributed by atoms with E-state index in [9.17, 15) is 4.79 Å². The Bertz CT molecular complexity index is 523. The third-order valence-corrected chi connectivity index (χ3v) is 11.9. The van der Waals surface area contributed by atoms with E-state index < -0.39 is 13.7 Å². The predicted octanol–water partition coefficient (Wildman–Crippen LogP) is 5.17. The fraction of sp³-hybridized carbons (Fsp3) is 0.952. The molecule has 0 aliphatic carbocycles. The zero-order chi connectivity index (χ0) is 20.0. The van der Waals surface area contributed by atoms with Crippen LogP contribution >= 0.6 is 0 Å². The number of rotatable bonds is 7. The average Bonchev–Trinajstić information content (AvgIpc) is 3.03. The Balaban J connectivity index is 2.07. The standard InChI is InChI=1S/C21H40O4Si/c1-10-20(6,7)18(22)23-13-16-12-17-11-15(2)21(16,25-17)14-24-26(8,9)19(3,4)5/h15-17H,10-14H2,1-9H3/t15-,16+,17-,21+/m0/s1. The molecule has 2 bridgehead atoms. The number of hydrogen-bond acceptors (Lipinski definition) is 4. The van der Waals surface area contributed by atoms with Crippen LogP contribution in [0.15, 0.2) is 0 Å². The molecule has 4 nitrogen and oxygen atoms in total. The van der Waals surface area contributed by atoms with Gasteiger partial charge in [0.05, 0.1) is 30.3 Å². The van der Waals surface area contributed by atoms with Gasteiger partial charge in [0.25, 0.3) is 0 Å². The van der Waals surface area contributed by atoms with E-state index in [0.717, 1.165) is 19.3 Å². The maximum atomic E-state index is 12.4. The summed E-state index contributed by atoms with van der Waals surface area (Å²) >= 11 is 0. The van der Waals surface area contributed by atoms with Gasteiger partial charge in [-0.3, -0.25) is 4.79 Å². The molecule has 2 rings (SSSR count). The van der Waals surface area contributed by atoms with Crippen LogP contribution in [0.4, 0.5) is 0 Å². The van der Waals surface area contributed by atoms with Gasteiger partial charge in [-0.15, -0.1) is 0 Å². The summed E-state index contributed by atoms with van der Waals surface area (Å²) in [5.74, 6) is 0.572. The maximum absolute atomic E-state index is 12.4. The highest BCUT2D eigenvalue weighted by atomic mass is 28.4. The normalized spacial score (nSPS) is 32.1. The van der Waals surface area contributed by atoms with Crippen molar-refractivity contribution in [3.63, 3.8) is 0 Å². The van der Waals surface area contributed by atoms with E-state index >= 15 is 0 Å². The second kappa shape index (κ2) is 7.21. The quantitative estimate of drug-likeness (QED) is 0.448. The second-order valence-corrected chi connectivity index (χ2v) is 15.5. The first-order valence-electron chi connectivity index (χ1n) is 10.2. The monoisotopic (exact) mass is 384 g/mol. The minimum atomic E-state index is -1.84. The first-order valence-corrected chi connectivity index (χ1v) is 13.1. The molecule has 0 spiro atoms. The molecule has 2 aliphatic rings. The number of hydrogen-bond donors (Lipinski definition) is 0. The van der Waals surface area contributed by atoms with Crippen molar-refractivity contribution in [1.29, 1.82) is 0 Å². The molecule has 0 aromatic carbocycles. The van der Waals surface area contributed by atoms with E-state index in [0.29, 0.717) is 19.1 Å². The third-order valence-electron chi connectivity index (χ3n) is 7.39. The molecule has 0 saturated carbocycles. The van der Waals surface area contributed by atoms with Gasteiger partial charge in [-0.05, 0) is 57.2 Å². The van der Waals surface area contributed by atoms with E-state index in [1.807, 2.05) is 20.8 Å². The third kappa shape index (κ3) is 4.05. The van der Waals surface area contributed by atoms with Crippen LogP contribution in [0.5, 0.6) is 0 Å². The second-order valence-electron chi connectivity index (χ2n) is 10.6. The van der Waals surface area contributed by atoms with Gasteiger partial charge in [0.1, 0.15) is 0 Å². The fourth-order valence-electron chi connectivity index (χ4n) is 3.76. The molecule has 0 amide bonds. The number of carbonyl (C=O) groups is 1. The Morgan fingerprint density at radius 3 is 2.31 bits per heavy atom. The summed E-state index contributed by atoms with van der Waals surface area (Å²) in [6, 6.07) is 0.